The van der Waals surface area contributed by atoms with Gasteiger partial charge in [0.15, 0.2) is 15.3 Å². The Kier molecular flexibility index (Phi) is 7.21. The molecule has 6 aromatic rings. The lowest BCUT2D eigenvalue weighted by molar-refractivity contribution is -0.121. The summed E-state index contributed by atoms with van der Waals surface area (Å²) in [6.07, 6.45) is 0. The molecule has 0 saturated carbocycles. The van der Waals surface area contributed by atoms with E-state index in [9.17, 15) is 9.59 Å². The summed E-state index contributed by atoms with van der Waals surface area (Å²) in [6.45, 7) is 2.05. The normalized spacial score (nSPS) is 16.8. The number of rotatable bonds is 6. The van der Waals surface area contributed by atoms with Crippen molar-refractivity contribution >= 4 is 79.9 Å². The van der Waals surface area contributed by atoms with Crippen molar-refractivity contribution in [3.05, 3.63) is 145 Å². The number of nitrogens with zero attached hydrogens (tertiary/aromatic N) is 4. The van der Waals surface area contributed by atoms with Crippen LogP contribution in [0.2, 0.25) is 10.0 Å². The standard InChI is InChI=1S/C35H22Cl2N4O4S2/c1-19-10-15-27-23(16-19)29(42)28-30(45-27)31(43)41(33-38-39-34(47-33)46-18-21-6-2-4-8-25(21)37)35(28)24-7-3-5-9-26(24)40(32(35)44)17-20-11-13-22(36)14-12-20/h2-16H,17-18H2,1H3. The second-order valence-corrected chi connectivity index (χ2v) is 14.3. The highest BCUT2D eigenvalue weighted by Gasteiger charge is 2.66. The van der Waals surface area contributed by atoms with Crippen molar-refractivity contribution in [1.29, 1.82) is 0 Å². The van der Waals surface area contributed by atoms with Crippen LogP contribution in [0.5, 0.6) is 0 Å². The lowest BCUT2D eigenvalue weighted by Crippen LogP contribution is -2.53. The van der Waals surface area contributed by atoms with Crippen molar-refractivity contribution in [2.45, 2.75) is 29.1 Å². The number of halogens is 2. The van der Waals surface area contributed by atoms with Gasteiger partial charge in [-0.3, -0.25) is 19.3 Å². The quantitative estimate of drug-likeness (QED) is 0.129. The van der Waals surface area contributed by atoms with Gasteiger partial charge in [0.1, 0.15) is 5.58 Å². The predicted octanol–water partition coefficient (Wildman–Crippen LogP) is 8.00. The molecule has 0 saturated heterocycles. The minimum Gasteiger partial charge on any atom is -0.450 e. The molecule has 4 heterocycles. The number of carbonyl (C=O) groups excluding carboxylic acids is 2. The van der Waals surface area contributed by atoms with E-state index in [1.54, 1.807) is 41.3 Å². The van der Waals surface area contributed by atoms with E-state index in [0.717, 1.165) is 28.0 Å². The average molecular weight is 698 g/mol. The fourth-order valence-corrected chi connectivity index (χ4v) is 8.62. The monoisotopic (exact) mass is 696 g/mol. The lowest BCUT2D eigenvalue weighted by atomic mass is 9.84. The molecule has 1 atom stereocenters. The van der Waals surface area contributed by atoms with Crippen molar-refractivity contribution in [1.82, 2.24) is 10.2 Å². The number of hydrogen-bond donors (Lipinski definition) is 0. The van der Waals surface area contributed by atoms with Crippen LogP contribution in [0.3, 0.4) is 0 Å². The largest absolute Gasteiger partial charge is 0.450 e. The van der Waals surface area contributed by atoms with Crippen LogP contribution in [0.25, 0.3) is 11.0 Å². The minimum absolute atomic E-state index is 0.0304. The molecular formula is C35H22Cl2N4O4S2. The fourth-order valence-electron chi connectivity index (χ4n) is 6.31. The van der Waals surface area contributed by atoms with Crippen molar-refractivity contribution in [2.24, 2.45) is 0 Å². The molecule has 232 valence electrons. The molecule has 4 aromatic carbocycles. The average Bonchev–Trinajstić information content (AvgIpc) is 3.71. The van der Waals surface area contributed by atoms with Gasteiger partial charge in [0.2, 0.25) is 10.9 Å². The molecule has 47 heavy (non-hydrogen) atoms. The summed E-state index contributed by atoms with van der Waals surface area (Å²) in [7, 11) is 0. The number of hydrogen-bond acceptors (Lipinski definition) is 8. The van der Waals surface area contributed by atoms with E-state index in [0.29, 0.717) is 31.4 Å². The molecule has 0 bridgehead atoms. The third-order valence-electron chi connectivity index (χ3n) is 8.43. The van der Waals surface area contributed by atoms with Crippen molar-refractivity contribution < 1.29 is 14.0 Å². The number of aromatic nitrogens is 2. The number of carbonyl (C=O) groups is 2. The van der Waals surface area contributed by atoms with Gasteiger partial charge in [-0.15, -0.1) is 10.2 Å². The molecular weight excluding hydrogens is 675 g/mol. The van der Waals surface area contributed by atoms with Crippen LogP contribution >= 0.6 is 46.3 Å². The topological polar surface area (TPSA) is 96.6 Å². The first-order valence-electron chi connectivity index (χ1n) is 14.6. The molecule has 0 fully saturated rings. The highest BCUT2D eigenvalue weighted by Crippen LogP contribution is 2.55. The second-order valence-electron chi connectivity index (χ2n) is 11.3. The van der Waals surface area contributed by atoms with Crippen LogP contribution in [0.4, 0.5) is 10.8 Å². The molecule has 2 aromatic heterocycles. The van der Waals surface area contributed by atoms with Gasteiger partial charge in [-0.05, 0) is 54.4 Å². The maximum absolute atomic E-state index is 15.1. The van der Waals surface area contributed by atoms with Crippen molar-refractivity contribution in [3.63, 3.8) is 0 Å². The SMILES string of the molecule is Cc1ccc2oc3c(c(=O)c2c1)C1(C(=O)N(Cc2ccc(Cl)cc2)c2ccccc21)N(c1nnc(SCc2ccccc2Cl)s1)C3=O. The maximum atomic E-state index is 15.1. The third-order valence-corrected chi connectivity index (χ3v) is 11.1. The molecule has 1 spiro atoms. The first-order chi connectivity index (χ1) is 22.8. The minimum atomic E-state index is -1.88. The highest BCUT2D eigenvalue weighted by atomic mass is 35.5. The van der Waals surface area contributed by atoms with E-state index < -0.39 is 22.8 Å². The van der Waals surface area contributed by atoms with E-state index in [4.69, 9.17) is 27.6 Å². The predicted molar refractivity (Wildman–Crippen MR) is 185 cm³/mol. The van der Waals surface area contributed by atoms with Crippen LogP contribution < -0.4 is 15.2 Å². The smallest absolute Gasteiger partial charge is 0.297 e. The van der Waals surface area contributed by atoms with Crippen molar-refractivity contribution in [3.8, 4) is 0 Å². The van der Waals surface area contributed by atoms with Crippen LogP contribution in [0.15, 0.2) is 105 Å². The van der Waals surface area contributed by atoms with Gasteiger partial charge in [-0.25, -0.2) is 0 Å². The molecule has 2 aliphatic heterocycles. The summed E-state index contributed by atoms with van der Waals surface area (Å²) in [4.78, 5) is 47.1. The molecule has 2 aliphatic rings. The number of thioether (sulfide) groups is 1. The Bertz CT molecular complexity index is 2320. The first-order valence-corrected chi connectivity index (χ1v) is 17.1. The summed E-state index contributed by atoms with van der Waals surface area (Å²) < 4.78 is 6.77. The van der Waals surface area contributed by atoms with Gasteiger partial charge in [-0.1, -0.05) is 106 Å². The fraction of sp³-hybridized carbons (Fsp3) is 0.114. The first kappa shape index (κ1) is 29.9. The zero-order chi connectivity index (χ0) is 32.4. The molecule has 0 radical (unpaired) electrons. The number of aryl methyl sites for hydroxylation is 1. The van der Waals surface area contributed by atoms with E-state index in [2.05, 4.69) is 10.2 Å². The number of fused-ring (bicyclic) bond motifs is 5. The number of para-hydroxylation sites is 1. The molecule has 0 aliphatic carbocycles. The number of amides is 2. The summed E-state index contributed by atoms with van der Waals surface area (Å²) in [5.41, 5.74) is 1.53. The Morgan fingerprint density at radius 1 is 0.915 bits per heavy atom. The van der Waals surface area contributed by atoms with Gasteiger partial charge in [-0.2, -0.15) is 0 Å². The van der Waals surface area contributed by atoms with E-state index in [1.807, 2.05) is 61.5 Å². The lowest BCUT2D eigenvalue weighted by Gasteiger charge is -2.32. The molecule has 8 nitrogen and oxygen atoms in total. The highest BCUT2D eigenvalue weighted by molar-refractivity contribution is 8.00. The van der Waals surface area contributed by atoms with E-state index in [1.165, 1.54) is 16.7 Å². The second kappa shape index (κ2) is 11.3. The Balaban J connectivity index is 1.32. The van der Waals surface area contributed by atoms with Crippen LogP contribution in [-0.4, -0.2) is 22.0 Å². The Hall–Kier alpha value is -4.48. The summed E-state index contributed by atoms with van der Waals surface area (Å²) in [5, 5.41) is 10.4. The summed E-state index contributed by atoms with van der Waals surface area (Å²) in [6, 6.07) is 27.1. The van der Waals surface area contributed by atoms with Crippen molar-refractivity contribution in [2.75, 3.05) is 9.80 Å². The molecule has 8 rings (SSSR count). The zero-order valence-corrected chi connectivity index (χ0v) is 27.7. The molecule has 2 amide bonds. The van der Waals surface area contributed by atoms with Gasteiger partial charge in [0.25, 0.3) is 11.8 Å². The van der Waals surface area contributed by atoms with Gasteiger partial charge < -0.3 is 9.32 Å². The summed E-state index contributed by atoms with van der Waals surface area (Å²) >= 11 is 15.1. The maximum Gasteiger partial charge on any atom is 0.297 e. The van der Waals surface area contributed by atoms with Gasteiger partial charge in [0.05, 0.1) is 23.2 Å². The molecule has 0 N–H and O–H groups in total. The van der Waals surface area contributed by atoms with E-state index in [-0.39, 0.29) is 34.0 Å². The molecule has 1 unspecified atom stereocenters. The number of benzene rings is 4. The Morgan fingerprint density at radius 3 is 2.49 bits per heavy atom. The molecule has 12 heteroatoms. The summed E-state index contributed by atoms with van der Waals surface area (Å²) in [5.74, 6) is -0.784. The van der Waals surface area contributed by atoms with Gasteiger partial charge >= 0.3 is 0 Å². The van der Waals surface area contributed by atoms with Crippen LogP contribution in [-0.2, 0) is 22.6 Å². The number of anilines is 2. The van der Waals surface area contributed by atoms with E-state index >= 15 is 4.79 Å². The third kappa shape index (κ3) is 4.62. The Labute approximate surface area is 286 Å². The van der Waals surface area contributed by atoms with Crippen LogP contribution in [0, 0.1) is 6.92 Å². The Morgan fingerprint density at radius 2 is 1.68 bits per heavy atom. The van der Waals surface area contributed by atoms with Crippen LogP contribution in [0.1, 0.15) is 38.4 Å². The zero-order valence-electron chi connectivity index (χ0n) is 24.6. The van der Waals surface area contributed by atoms with Gasteiger partial charge in [0, 0.05) is 21.4 Å².